The minimum Gasteiger partial charge on any atom is -0.388 e. The number of guanidine groups is 1. The third-order valence-electron chi connectivity index (χ3n) is 3.41. The van der Waals surface area contributed by atoms with Crippen molar-refractivity contribution in [1.29, 1.82) is 0 Å². The Labute approximate surface area is 111 Å². The van der Waals surface area contributed by atoms with Gasteiger partial charge in [0.25, 0.3) is 0 Å². The summed E-state index contributed by atoms with van der Waals surface area (Å²) < 4.78 is 0. The topological polar surface area (TPSA) is 56.7 Å². The van der Waals surface area contributed by atoms with Crippen molar-refractivity contribution >= 4 is 5.96 Å². The minimum absolute atomic E-state index is 0.520. The number of hydrogen-bond donors (Lipinski definition) is 3. The average Bonchev–Trinajstić information content (AvgIpc) is 2.28. The lowest BCUT2D eigenvalue weighted by atomic mass is 9.80. The third kappa shape index (κ3) is 5.71. The van der Waals surface area contributed by atoms with Crippen LogP contribution in [0.15, 0.2) is 4.99 Å². The summed E-state index contributed by atoms with van der Waals surface area (Å²) in [6, 6.07) is 0. The second kappa shape index (κ2) is 7.62. The van der Waals surface area contributed by atoms with E-state index in [1.54, 1.807) is 0 Å². The Morgan fingerprint density at radius 1 is 1.33 bits per heavy atom. The van der Waals surface area contributed by atoms with Gasteiger partial charge in [-0.25, -0.2) is 0 Å². The zero-order valence-electron chi connectivity index (χ0n) is 12.1. The van der Waals surface area contributed by atoms with E-state index in [4.69, 9.17) is 0 Å². The predicted octanol–water partition coefficient (Wildman–Crippen LogP) is 1.89. The van der Waals surface area contributed by atoms with Crippen molar-refractivity contribution in [3.8, 4) is 0 Å². The third-order valence-corrected chi connectivity index (χ3v) is 3.41. The minimum atomic E-state index is -0.527. The highest BCUT2D eigenvalue weighted by Crippen LogP contribution is 2.31. The van der Waals surface area contributed by atoms with Crippen molar-refractivity contribution in [2.24, 2.45) is 10.9 Å². The molecule has 4 nitrogen and oxygen atoms in total. The Morgan fingerprint density at radius 3 is 2.56 bits per heavy atom. The Bertz CT molecular complexity index is 260. The van der Waals surface area contributed by atoms with Gasteiger partial charge in [-0.2, -0.15) is 0 Å². The molecule has 3 N–H and O–H groups in total. The van der Waals surface area contributed by atoms with Crippen molar-refractivity contribution < 1.29 is 5.11 Å². The summed E-state index contributed by atoms with van der Waals surface area (Å²) in [5, 5.41) is 16.6. The zero-order valence-corrected chi connectivity index (χ0v) is 12.1. The van der Waals surface area contributed by atoms with Crippen LogP contribution in [0.4, 0.5) is 0 Å². The summed E-state index contributed by atoms with van der Waals surface area (Å²) in [7, 11) is 0. The second-order valence-electron chi connectivity index (χ2n) is 5.74. The van der Waals surface area contributed by atoms with Gasteiger partial charge in [0.2, 0.25) is 0 Å². The molecular weight excluding hydrogens is 226 g/mol. The summed E-state index contributed by atoms with van der Waals surface area (Å²) in [4.78, 5) is 4.47. The molecule has 106 valence electrons. The Kier molecular flexibility index (Phi) is 6.47. The SMILES string of the molecule is CCNC(=NCC1(O)CCC1)NCCCC(C)C. The lowest BCUT2D eigenvalue weighted by Gasteiger charge is -2.35. The lowest BCUT2D eigenvalue weighted by Crippen LogP contribution is -2.43. The van der Waals surface area contributed by atoms with E-state index in [0.717, 1.165) is 50.7 Å². The maximum atomic E-state index is 10.0. The highest BCUT2D eigenvalue weighted by molar-refractivity contribution is 5.79. The summed E-state index contributed by atoms with van der Waals surface area (Å²) in [6.07, 6.45) is 5.31. The highest BCUT2D eigenvalue weighted by Gasteiger charge is 2.34. The van der Waals surface area contributed by atoms with Gasteiger partial charge in [-0.05, 0) is 44.9 Å². The quantitative estimate of drug-likeness (QED) is 0.370. The van der Waals surface area contributed by atoms with E-state index in [-0.39, 0.29) is 0 Å². The molecule has 0 spiro atoms. The van der Waals surface area contributed by atoms with Crippen LogP contribution in [0.1, 0.15) is 52.9 Å². The van der Waals surface area contributed by atoms with Crippen molar-refractivity contribution in [2.45, 2.75) is 58.5 Å². The first-order valence-corrected chi connectivity index (χ1v) is 7.30. The molecule has 0 aromatic heterocycles. The Balaban J connectivity index is 2.27. The van der Waals surface area contributed by atoms with Crippen LogP contribution in [-0.4, -0.2) is 36.3 Å². The van der Waals surface area contributed by atoms with Gasteiger partial charge in [0, 0.05) is 13.1 Å². The molecule has 1 saturated carbocycles. The van der Waals surface area contributed by atoms with Gasteiger partial charge in [0.1, 0.15) is 0 Å². The fourth-order valence-corrected chi connectivity index (χ4v) is 2.03. The summed E-state index contributed by atoms with van der Waals surface area (Å²) in [6.45, 7) is 8.86. The smallest absolute Gasteiger partial charge is 0.191 e. The van der Waals surface area contributed by atoms with Gasteiger partial charge < -0.3 is 15.7 Å². The molecule has 0 saturated heterocycles. The van der Waals surface area contributed by atoms with E-state index in [9.17, 15) is 5.11 Å². The van der Waals surface area contributed by atoms with Gasteiger partial charge in [-0.1, -0.05) is 13.8 Å². The molecule has 1 fully saturated rings. The first-order valence-electron chi connectivity index (χ1n) is 7.30. The summed E-state index contributed by atoms with van der Waals surface area (Å²) in [5.74, 6) is 1.59. The van der Waals surface area contributed by atoms with Gasteiger partial charge in [-0.15, -0.1) is 0 Å². The molecule has 1 aliphatic carbocycles. The van der Waals surface area contributed by atoms with Crippen molar-refractivity contribution in [3.05, 3.63) is 0 Å². The van der Waals surface area contributed by atoms with Crippen LogP contribution in [0.5, 0.6) is 0 Å². The lowest BCUT2D eigenvalue weighted by molar-refractivity contribution is -0.0236. The van der Waals surface area contributed by atoms with E-state index in [1.165, 1.54) is 6.42 Å². The molecule has 0 radical (unpaired) electrons. The summed E-state index contributed by atoms with van der Waals surface area (Å²) >= 11 is 0. The molecule has 0 amide bonds. The molecule has 0 bridgehead atoms. The first kappa shape index (κ1) is 15.3. The van der Waals surface area contributed by atoms with E-state index >= 15 is 0 Å². The molecule has 1 rings (SSSR count). The highest BCUT2D eigenvalue weighted by atomic mass is 16.3. The first-order chi connectivity index (χ1) is 8.56. The molecule has 0 heterocycles. The summed E-state index contributed by atoms with van der Waals surface area (Å²) in [5.41, 5.74) is -0.527. The van der Waals surface area contributed by atoms with E-state index in [2.05, 4.69) is 36.4 Å². The van der Waals surface area contributed by atoms with E-state index in [0.29, 0.717) is 6.54 Å². The number of nitrogens with one attached hydrogen (secondary N) is 2. The standard InChI is InChI=1S/C14H29N3O/c1-4-15-13(16-10-5-7-12(2)3)17-11-14(18)8-6-9-14/h12,18H,4-11H2,1-3H3,(H2,15,16,17). The van der Waals surface area contributed by atoms with Crippen LogP contribution in [0, 0.1) is 5.92 Å². The molecular formula is C14H29N3O. The Morgan fingerprint density at radius 2 is 2.06 bits per heavy atom. The molecule has 0 atom stereocenters. The number of aliphatic imine (C=N–C) groups is 1. The molecule has 1 aliphatic rings. The molecule has 0 unspecified atom stereocenters. The van der Waals surface area contributed by atoms with Gasteiger partial charge >= 0.3 is 0 Å². The fraction of sp³-hybridized carbons (Fsp3) is 0.929. The van der Waals surface area contributed by atoms with E-state index < -0.39 is 5.60 Å². The molecule has 4 heteroatoms. The van der Waals surface area contributed by atoms with Gasteiger partial charge in [0.15, 0.2) is 5.96 Å². The van der Waals surface area contributed by atoms with Crippen LogP contribution in [0.25, 0.3) is 0 Å². The number of aliphatic hydroxyl groups is 1. The van der Waals surface area contributed by atoms with Crippen molar-refractivity contribution in [2.75, 3.05) is 19.6 Å². The van der Waals surface area contributed by atoms with Crippen LogP contribution < -0.4 is 10.6 Å². The van der Waals surface area contributed by atoms with E-state index in [1.807, 2.05) is 0 Å². The van der Waals surface area contributed by atoms with Crippen LogP contribution in [0.2, 0.25) is 0 Å². The maximum absolute atomic E-state index is 10.0. The van der Waals surface area contributed by atoms with Crippen LogP contribution >= 0.6 is 0 Å². The molecule has 0 aromatic rings. The predicted molar refractivity (Wildman–Crippen MR) is 76.9 cm³/mol. The molecule has 0 aliphatic heterocycles. The largest absolute Gasteiger partial charge is 0.388 e. The van der Waals surface area contributed by atoms with Crippen molar-refractivity contribution in [1.82, 2.24) is 10.6 Å². The number of hydrogen-bond acceptors (Lipinski definition) is 2. The normalized spacial score (nSPS) is 18.6. The maximum Gasteiger partial charge on any atom is 0.191 e. The van der Waals surface area contributed by atoms with Gasteiger partial charge in [-0.3, -0.25) is 4.99 Å². The second-order valence-corrected chi connectivity index (χ2v) is 5.74. The molecule has 18 heavy (non-hydrogen) atoms. The van der Waals surface area contributed by atoms with Crippen LogP contribution in [-0.2, 0) is 0 Å². The fourth-order valence-electron chi connectivity index (χ4n) is 2.03. The molecule has 0 aromatic carbocycles. The number of rotatable bonds is 7. The van der Waals surface area contributed by atoms with Crippen LogP contribution in [0.3, 0.4) is 0 Å². The Hall–Kier alpha value is -0.770. The monoisotopic (exact) mass is 255 g/mol. The van der Waals surface area contributed by atoms with Gasteiger partial charge in [0.05, 0.1) is 12.1 Å². The van der Waals surface area contributed by atoms with Crippen molar-refractivity contribution in [3.63, 3.8) is 0 Å². The zero-order chi connectivity index (χ0) is 13.4. The number of nitrogens with zero attached hydrogens (tertiary/aromatic N) is 1. The average molecular weight is 255 g/mol.